The molecule has 0 spiro atoms. The van der Waals surface area contributed by atoms with E-state index in [-0.39, 0.29) is 0 Å². The van der Waals surface area contributed by atoms with E-state index in [0.717, 1.165) is 22.1 Å². The van der Waals surface area contributed by atoms with Crippen LogP contribution in [0.4, 0.5) is 0 Å². The van der Waals surface area contributed by atoms with Gasteiger partial charge in [0.1, 0.15) is 0 Å². The molecule has 4 nitrogen and oxygen atoms in total. The third-order valence-corrected chi connectivity index (χ3v) is 16.6. The zero-order valence-electron chi connectivity index (χ0n) is 34.0. The molecule has 4 N–H and O–H groups in total. The van der Waals surface area contributed by atoms with Crippen LogP contribution in [0.5, 0.6) is 0 Å². The Hall–Kier alpha value is -7.90. The summed E-state index contributed by atoms with van der Waals surface area (Å²) in [6.07, 6.45) is 0. The summed E-state index contributed by atoms with van der Waals surface area (Å²) in [6.45, 7) is 0. The van der Waals surface area contributed by atoms with E-state index < -0.39 is 0 Å². The van der Waals surface area contributed by atoms with E-state index in [2.05, 4.69) is 190 Å². The number of aromatic nitrogens is 4. The van der Waals surface area contributed by atoms with Gasteiger partial charge in [-0.05, 0) is 70.1 Å². The Morgan fingerprint density at radius 3 is 1.00 bits per heavy atom. The molecular formula is C58H32N4S2. The van der Waals surface area contributed by atoms with Crippen LogP contribution in [0.2, 0.25) is 0 Å². The van der Waals surface area contributed by atoms with E-state index in [0.29, 0.717) is 0 Å². The minimum absolute atomic E-state index is 1.16. The van der Waals surface area contributed by atoms with Gasteiger partial charge in [-0.15, -0.1) is 22.7 Å². The first-order valence-electron chi connectivity index (χ1n) is 21.8. The van der Waals surface area contributed by atoms with Crippen molar-refractivity contribution in [2.24, 2.45) is 0 Å². The minimum atomic E-state index is 1.16. The quantitative estimate of drug-likeness (QED) is 0.134. The Labute approximate surface area is 371 Å². The van der Waals surface area contributed by atoms with Gasteiger partial charge >= 0.3 is 0 Å². The molecule has 10 aromatic carbocycles. The predicted molar refractivity (Wildman–Crippen MR) is 278 cm³/mol. The fraction of sp³-hybridized carbons (Fsp3) is 0. The van der Waals surface area contributed by atoms with Crippen molar-refractivity contribution in [3.63, 3.8) is 0 Å². The topological polar surface area (TPSA) is 63.2 Å². The molecule has 0 saturated carbocycles. The Balaban J connectivity index is 0.858. The third-order valence-electron chi connectivity index (χ3n) is 14.2. The van der Waals surface area contributed by atoms with Crippen LogP contribution in [0, 0.1) is 0 Å². The highest BCUT2D eigenvalue weighted by Crippen LogP contribution is 2.48. The third kappa shape index (κ3) is 4.40. The molecule has 16 rings (SSSR count). The van der Waals surface area contributed by atoms with Crippen molar-refractivity contribution in [1.29, 1.82) is 0 Å². The second-order valence-electron chi connectivity index (χ2n) is 17.5. The maximum Gasteiger partial charge on any atom is 0.0545 e. The monoisotopic (exact) mass is 848 g/mol. The average Bonchev–Trinajstić information content (AvgIpc) is 4.20. The lowest BCUT2D eigenvalue weighted by atomic mass is 9.98. The van der Waals surface area contributed by atoms with Crippen LogP contribution in [-0.4, -0.2) is 19.9 Å². The highest BCUT2D eigenvalue weighted by atomic mass is 32.1. The zero-order chi connectivity index (χ0) is 41.4. The molecule has 16 aromatic rings. The summed E-state index contributed by atoms with van der Waals surface area (Å²) in [4.78, 5) is 18.0. The number of hydrogen-bond acceptors (Lipinski definition) is 2. The lowest BCUT2D eigenvalue weighted by Crippen LogP contribution is -1.81. The minimum Gasteiger partial charge on any atom is -0.354 e. The van der Waals surface area contributed by atoms with E-state index in [1.807, 2.05) is 22.7 Å². The van der Waals surface area contributed by atoms with Gasteiger partial charge in [0, 0.05) is 117 Å². The van der Waals surface area contributed by atoms with Gasteiger partial charge in [0.15, 0.2) is 0 Å². The average molecular weight is 849 g/mol. The number of rotatable bonds is 2. The predicted octanol–water partition coefficient (Wildman–Crippen LogP) is 17.4. The zero-order valence-corrected chi connectivity index (χ0v) is 35.6. The number of aromatic amines is 4. The molecule has 296 valence electrons. The molecule has 0 aliphatic heterocycles. The van der Waals surface area contributed by atoms with Crippen LogP contribution in [0.3, 0.4) is 0 Å². The van der Waals surface area contributed by atoms with Gasteiger partial charge in [-0.1, -0.05) is 121 Å². The highest BCUT2D eigenvalue weighted by molar-refractivity contribution is 7.31. The summed E-state index contributed by atoms with van der Waals surface area (Å²) in [5.74, 6) is 0. The molecule has 0 saturated heterocycles. The molecule has 0 radical (unpaired) electrons. The number of nitrogens with one attached hydrogen (secondary N) is 4. The lowest BCUT2D eigenvalue weighted by molar-refractivity contribution is 1.56. The van der Waals surface area contributed by atoms with Crippen molar-refractivity contribution >= 4 is 162 Å². The van der Waals surface area contributed by atoms with Crippen LogP contribution in [0.1, 0.15) is 0 Å². The first kappa shape index (κ1) is 33.7. The summed E-state index contributed by atoms with van der Waals surface area (Å²) in [7, 11) is 0. The van der Waals surface area contributed by atoms with Crippen LogP contribution in [-0.2, 0) is 0 Å². The van der Waals surface area contributed by atoms with Gasteiger partial charge in [-0.3, -0.25) is 0 Å². The molecule has 0 amide bonds. The van der Waals surface area contributed by atoms with Gasteiger partial charge in [-0.25, -0.2) is 0 Å². The van der Waals surface area contributed by atoms with E-state index in [1.54, 1.807) is 0 Å². The molecule has 0 aliphatic carbocycles. The summed E-state index contributed by atoms with van der Waals surface area (Å²) in [5.41, 5.74) is 12.0. The molecular weight excluding hydrogens is 817 g/mol. The number of thiophene rings is 2. The van der Waals surface area contributed by atoms with E-state index in [9.17, 15) is 0 Å². The standard InChI is InChI=1S/C58H32N4S2/c1-3-11-31-29(9-1)17-19-37-39-23-49-41(25-47(39)59-55(31)37)45-21-43(33-13-5-7-15-35(33)57(45)61-49)51-27-53-54(63-51)28-52(64-53)44-22-46-42-26-48-40(24-50(42)62-58(46)36-16-8-6-14-34(36)44)38-20-18-30-10-2-4-12-32(30)56(38)60-48/h1-28,59-62H. The van der Waals surface area contributed by atoms with E-state index in [4.69, 9.17) is 0 Å². The molecule has 6 aromatic heterocycles. The molecule has 64 heavy (non-hydrogen) atoms. The van der Waals surface area contributed by atoms with Crippen molar-refractivity contribution in [3.8, 4) is 20.9 Å². The highest BCUT2D eigenvalue weighted by Gasteiger charge is 2.20. The maximum atomic E-state index is 3.88. The van der Waals surface area contributed by atoms with Gasteiger partial charge in [0.05, 0.1) is 22.1 Å². The summed E-state index contributed by atoms with van der Waals surface area (Å²) in [6, 6.07) is 63.2. The normalized spacial score (nSPS) is 12.7. The van der Waals surface area contributed by atoms with Crippen LogP contribution in [0.15, 0.2) is 170 Å². The van der Waals surface area contributed by atoms with Gasteiger partial charge < -0.3 is 19.9 Å². The van der Waals surface area contributed by atoms with Gasteiger partial charge in [-0.2, -0.15) is 0 Å². The number of benzene rings is 10. The van der Waals surface area contributed by atoms with Crippen molar-refractivity contribution in [2.75, 3.05) is 0 Å². The second-order valence-corrected chi connectivity index (χ2v) is 19.7. The molecule has 6 heterocycles. The molecule has 0 unspecified atom stereocenters. The van der Waals surface area contributed by atoms with Gasteiger partial charge in [0.25, 0.3) is 0 Å². The van der Waals surface area contributed by atoms with Crippen molar-refractivity contribution in [3.05, 3.63) is 170 Å². The lowest BCUT2D eigenvalue weighted by Gasteiger charge is -2.08. The van der Waals surface area contributed by atoms with E-state index in [1.165, 1.54) is 139 Å². The summed E-state index contributed by atoms with van der Waals surface area (Å²) < 4.78 is 2.64. The Morgan fingerprint density at radius 2 is 0.578 bits per heavy atom. The number of hydrogen-bond donors (Lipinski definition) is 4. The van der Waals surface area contributed by atoms with Crippen LogP contribution < -0.4 is 0 Å². The molecule has 0 bridgehead atoms. The first-order valence-corrected chi connectivity index (χ1v) is 23.4. The maximum absolute atomic E-state index is 3.88. The number of fused-ring (bicyclic) bond motifs is 21. The number of H-pyrrole nitrogens is 4. The summed E-state index contributed by atoms with van der Waals surface area (Å²) in [5, 5.41) is 20.0. The fourth-order valence-electron chi connectivity index (χ4n) is 11.3. The first-order chi connectivity index (χ1) is 31.7. The smallest absolute Gasteiger partial charge is 0.0545 e. The fourth-order valence-corrected chi connectivity index (χ4v) is 13.7. The Bertz CT molecular complexity index is 4410. The molecule has 0 fully saturated rings. The second kappa shape index (κ2) is 12.0. The van der Waals surface area contributed by atoms with Crippen molar-refractivity contribution < 1.29 is 0 Å². The SMILES string of the molecule is c1ccc2c(c1)ccc1c3cc4[nH]c5c6ccccc6c(-c6cc7sc(-c8cc9c%10cc%11[nH]c%12c%13ccccc%13ccc%12c%11cc%10[nH]c9c9ccccc89)cc7s6)cc5c4cc3[nH]c21. The molecule has 6 heteroatoms. The summed E-state index contributed by atoms with van der Waals surface area (Å²) >= 11 is 3.81. The van der Waals surface area contributed by atoms with Crippen molar-refractivity contribution in [2.45, 2.75) is 0 Å². The largest absolute Gasteiger partial charge is 0.354 e. The van der Waals surface area contributed by atoms with Crippen molar-refractivity contribution in [1.82, 2.24) is 19.9 Å². The Morgan fingerprint density at radius 1 is 0.250 bits per heavy atom. The van der Waals surface area contributed by atoms with Crippen LogP contribution in [0.25, 0.3) is 161 Å². The Kier molecular flexibility index (Phi) is 6.30. The van der Waals surface area contributed by atoms with Crippen LogP contribution >= 0.6 is 22.7 Å². The molecule has 0 atom stereocenters. The van der Waals surface area contributed by atoms with Gasteiger partial charge in [0.2, 0.25) is 0 Å². The molecule has 0 aliphatic rings. The van der Waals surface area contributed by atoms with E-state index >= 15 is 0 Å².